The van der Waals surface area contributed by atoms with Gasteiger partial charge < -0.3 is 10.1 Å². The van der Waals surface area contributed by atoms with Crippen LogP contribution in [0.3, 0.4) is 0 Å². The largest absolute Gasteiger partial charge is 0.483 e. The number of nitrogens with one attached hydrogen (secondary N) is 2. The van der Waals surface area contributed by atoms with Crippen LogP contribution in [0.4, 0.5) is 5.69 Å². The summed E-state index contributed by atoms with van der Waals surface area (Å²) in [7, 11) is 0. The predicted molar refractivity (Wildman–Crippen MR) is 106 cm³/mol. The summed E-state index contributed by atoms with van der Waals surface area (Å²) in [6.07, 6.45) is 0. The van der Waals surface area contributed by atoms with E-state index in [0.717, 1.165) is 16.8 Å². The number of anilines is 1. The van der Waals surface area contributed by atoms with Crippen LogP contribution in [0.25, 0.3) is 0 Å². The number of benzene rings is 2. The fourth-order valence-electron chi connectivity index (χ4n) is 2.28. The number of aryl methyl sites for hydroxylation is 2. The van der Waals surface area contributed by atoms with Crippen LogP contribution in [0.2, 0.25) is 0 Å². The van der Waals surface area contributed by atoms with Crippen molar-refractivity contribution in [2.45, 2.75) is 33.6 Å². The minimum Gasteiger partial charge on any atom is -0.483 e. The van der Waals surface area contributed by atoms with Crippen molar-refractivity contribution in [3.8, 4) is 5.75 Å². The zero-order valence-corrected chi connectivity index (χ0v) is 15.9. The van der Waals surface area contributed by atoms with Gasteiger partial charge in [0, 0.05) is 5.69 Å². The molecule has 0 bridgehead atoms. The highest BCUT2D eigenvalue weighted by molar-refractivity contribution is 7.80. The van der Waals surface area contributed by atoms with Crippen molar-refractivity contribution in [3.05, 3.63) is 59.2 Å². The molecule has 5 heteroatoms. The van der Waals surface area contributed by atoms with Crippen molar-refractivity contribution in [1.82, 2.24) is 5.32 Å². The minimum atomic E-state index is -0.294. The Labute approximate surface area is 154 Å². The zero-order valence-electron chi connectivity index (χ0n) is 15.1. The van der Waals surface area contributed by atoms with E-state index in [9.17, 15) is 4.79 Å². The molecule has 0 saturated heterocycles. The fraction of sp³-hybridized carbons (Fsp3) is 0.300. The van der Waals surface area contributed by atoms with Gasteiger partial charge in [-0.3, -0.25) is 10.1 Å². The molecule has 2 aromatic rings. The second-order valence-corrected chi connectivity index (χ2v) is 6.74. The van der Waals surface area contributed by atoms with Gasteiger partial charge in [-0.25, -0.2) is 0 Å². The van der Waals surface area contributed by atoms with Crippen LogP contribution in [0.5, 0.6) is 5.75 Å². The summed E-state index contributed by atoms with van der Waals surface area (Å²) in [5.74, 6) is 0.887. The van der Waals surface area contributed by atoms with Gasteiger partial charge in [-0.15, -0.1) is 0 Å². The highest BCUT2D eigenvalue weighted by Crippen LogP contribution is 2.19. The Balaban J connectivity index is 1.83. The maximum Gasteiger partial charge on any atom is 0.264 e. The van der Waals surface area contributed by atoms with Crippen LogP contribution in [-0.4, -0.2) is 17.6 Å². The Morgan fingerprint density at radius 2 is 1.80 bits per heavy atom. The van der Waals surface area contributed by atoms with Gasteiger partial charge in [-0.05, 0) is 66.9 Å². The summed E-state index contributed by atoms with van der Waals surface area (Å²) in [6, 6.07) is 13.9. The molecule has 0 aliphatic heterocycles. The molecule has 0 atom stereocenters. The monoisotopic (exact) mass is 356 g/mol. The zero-order chi connectivity index (χ0) is 18.4. The van der Waals surface area contributed by atoms with Gasteiger partial charge in [-0.1, -0.05) is 38.1 Å². The van der Waals surface area contributed by atoms with Crippen molar-refractivity contribution in [2.75, 3.05) is 11.9 Å². The van der Waals surface area contributed by atoms with Gasteiger partial charge in [0.25, 0.3) is 5.91 Å². The third-order valence-electron chi connectivity index (χ3n) is 3.79. The van der Waals surface area contributed by atoms with Crippen LogP contribution in [-0.2, 0) is 4.79 Å². The van der Waals surface area contributed by atoms with Gasteiger partial charge in [0.15, 0.2) is 11.7 Å². The summed E-state index contributed by atoms with van der Waals surface area (Å²) in [4.78, 5) is 12.0. The molecule has 132 valence electrons. The van der Waals surface area contributed by atoms with Crippen LogP contribution < -0.4 is 15.4 Å². The molecule has 4 nitrogen and oxygen atoms in total. The van der Waals surface area contributed by atoms with E-state index in [1.165, 1.54) is 5.56 Å². The molecule has 0 aromatic heterocycles. The van der Waals surface area contributed by atoms with E-state index in [1.807, 2.05) is 56.3 Å². The average Bonchev–Trinajstić information content (AvgIpc) is 2.56. The van der Waals surface area contributed by atoms with Crippen LogP contribution in [0.1, 0.15) is 36.5 Å². The van der Waals surface area contributed by atoms with Crippen molar-refractivity contribution in [2.24, 2.45) is 0 Å². The highest BCUT2D eigenvalue weighted by Gasteiger charge is 2.08. The first-order valence-corrected chi connectivity index (χ1v) is 8.67. The van der Waals surface area contributed by atoms with Gasteiger partial charge in [0.2, 0.25) is 0 Å². The SMILES string of the molecule is Cc1ccc(C)c(OCC(=O)NC(=S)Nc2ccc(C(C)C)cc2)c1. The topological polar surface area (TPSA) is 50.4 Å². The summed E-state index contributed by atoms with van der Waals surface area (Å²) in [5, 5.41) is 5.88. The number of thiocarbonyl (C=S) groups is 1. The Bertz CT molecular complexity index is 755. The number of rotatable bonds is 5. The number of ether oxygens (including phenoxy) is 1. The Kier molecular flexibility index (Phi) is 6.53. The lowest BCUT2D eigenvalue weighted by molar-refractivity contribution is -0.121. The van der Waals surface area contributed by atoms with Crippen molar-refractivity contribution < 1.29 is 9.53 Å². The van der Waals surface area contributed by atoms with Crippen molar-refractivity contribution in [3.63, 3.8) is 0 Å². The second kappa shape index (κ2) is 8.62. The van der Waals surface area contributed by atoms with E-state index in [-0.39, 0.29) is 17.6 Å². The summed E-state index contributed by atoms with van der Waals surface area (Å²) in [6.45, 7) is 8.13. The third-order valence-corrected chi connectivity index (χ3v) is 3.99. The lowest BCUT2D eigenvalue weighted by atomic mass is 10.0. The molecule has 2 aromatic carbocycles. The van der Waals surface area contributed by atoms with Gasteiger partial charge in [-0.2, -0.15) is 0 Å². The Hall–Kier alpha value is -2.40. The first kappa shape index (κ1) is 18.9. The normalized spacial score (nSPS) is 10.4. The number of carbonyl (C=O) groups is 1. The lowest BCUT2D eigenvalue weighted by Gasteiger charge is -2.12. The van der Waals surface area contributed by atoms with E-state index in [1.54, 1.807) is 0 Å². The molecule has 0 fully saturated rings. The number of hydrogen-bond donors (Lipinski definition) is 2. The van der Waals surface area contributed by atoms with Crippen molar-refractivity contribution >= 4 is 28.9 Å². The number of carbonyl (C=O) groups excluding carboxylic acids is 1. The first-order valence-electron chi connectivity index (χ1n) is 8.26. The Morgan fingerprint density at radius 3 is 2.44 bits per heavy atom. The van der Waals surface area contributed by atoms with E-state index < -0.39 is 0 Å². The molecule has 2 rings (SSSR count). The molecule has 0 radical (unpaired) electrons. The standard InChI is InChI=1S/C20H24N2O2S/c1-13(2)16-7-9-17(10-8-16)21-20(25)22-19(23)12-24-18-11-14(3)5-6-15(18)4/h5-11,13H,12H2,1-4H3,(H2,21,22,23,25). The maximum absolute atomic E-state index is 12.0. The number of hydrogen-bond acceptors (Lipinski definition) is 3. The van der Waals surface area contributed by atoms with Crippen LogP contribution >= 0.6 is 12.2 Å². The molecular weight excluding hydrogens is 332 g/mol. The molecule has 0 aliphatic carbocycles. The van der Waals surface area contributed by atoms with E-state index in [2.05, 4.69) is 24.5 Å². The third kappa shape index (κ3) is 5.87. The smallest absolute Gasteiger partial charge is 0.264 e. The van der Waals surface area contributed by atoms with Crippen LogP contribution in [0.15, 0.2) is 42.5 Å². The molecule has 0 aliphatic rings. The molecule has 0 unspecified atom stereocenters. The second-order valence-electron chi connectivity index (χ2n) is 6.34. The minimum absolute atomic E-state index is 0.0849. The number of amides is 1. The molecule has 1 amide bonds. The van der Waals surface area contributed by atoms with E-state index in [4.69, 9.17) is 17.0 Å². The predicted octanol–water partition coefficient (Wildman–Crippen LogP) is 4.32. The van der Waals surface area contributed by atoms with Crippen molar-refractivity contribution in [1.29, 1.82) is 0 Å². The van der Waals surface area contributed by atoms with Crippen LogP contribution in [0, 0.1) is 13.8 Å². The average molecular weight is 356 g/mol. The van der Waals surface area contributed by atoms with E-state index in [0.29, 0.717) is 11.7 Å². The summed E-state index contributed by atoms with van der Waals surface area (Å²) in [5.41, 5.74) is 4.17. The lowest BCUT2D eigenvalue weighted by Crippen LogP contribution is -2.37. The maximum atomic E-state index is 12.0. The highest BCUT2D eigenvalue weighted by atomic mass is 32.1. The quantitative estimate of drug-likeness (QED) is 0.784. The van der Waals surface area contributed by atoms with Gasteiger partial charge in [0.1, 0.15) is 5.75 Å². The molecule has 0 heterocycles. The van der Waals surface area contributed by atoms with Gasteiger partial charge >= 0.3 is 0 Å². The molecule has 0 spiro atoms. The summed E-state index contributed by atoms with van der Waals surface area (Å²) < 4.78 is 5.57. The Morgan fingerprint density at radius 1 is 1.12 bits per heavy atom. The fourth-order valence-corrected chi connectivity index (χ4v) is 2.51. The molecular formula is C20H24N2O2S. The molecule has 2 N–H and O–H groups in total. The molecule has 0 saturated carbocycles. The molecule has 25 heavy (non-hydrogen) atoms. The van der Waals surface area contributed by atoms with Gasteiger partial charge in [0.05, 0.1) is 0 Å². The first-order chi connectivity index (χ1) is 11.8. The van der Waals surface area contributed by atoms with E-state index >= 15 is 0 Å². The summed E-state index contributed by atoms with van der Waals surface area (Å²) >= 11 is 5.18.